The fraction of sp³-hybridized carbons (Fsp3) is 0.0714. The van der Waals surface area contributed by atoms with Gasteiger partial charge in [-0.05, 0) is 31.2 Å². The van der Waals surface area contributed by atoms with Crippen molar-refractivity contribution in [3.63, 3.8) is 0 Å². The Morgan fingerprint density at radius 1 is 1.17 bits per heavy atom. The summed E-state index contributed by atoms with van der Waals surface area (Å²) in [5.74, 6) is -1.43. The van der Waals surface area contributed by atoms with Gasteiger partial charge in [-0.2, -0.15) is 0 Å². The second kappa shape index (κ2) is 4.87. The van der Waals surface area contributed by atoms with E-state index in [1.54, 1.807) is 12.1 Å². The molecule has 0 unspecified atom stereocenters. The van der Waals surface area contributed by atoms with Crippen LogP contribution in [0.25, 0.3) is 0 Å². The number of halogens is 1. The van der Waals surface area contributed by atoms with Crippen molar-refractivity contribution in [2.24, 2.45) is 0 Å². The Morgan fingerprint density at radius 3 is 2.44 bits per heavy atom. The maximum absolute atomic E-state index is 12.8. The van der Waals surface area contributed by atoms with Crippen molar-refractivity contribution in [3.05, 3.63) is 59.4 Å². The van der Waals surface area contributed by atoms with Crippen LogP contribution in [0.3, 0.4) is 0 Å². The van der Waals surface area contributed by atoms with Gasteiger partial charge in [-0.15, -0.1) is 0 Å². The normalized spacial score (nSPS) is 10.1. The zero-order chi connectivity index (χ0) is 13.1. The average Bonchev–Trinajstić information content (AvgIpc) is 2.32. The molecule has 0 heterocycles. The second-order valence-electron chi connectivity index (χ2n) is 3.98. The summed E-state index contributed by atoms with van der Waals surface area (Å²) >= 11 is 0. The lowest BCUT2D eigenvalue weighted by molar-refractivity contribution is 0.102. The molecular formula is C14H12FNO2. The molecule has 0 aliphatic heterocycles. The van der Waals surface area contributed by atoms with E-state index in [1.807, 2.05) is 19.1 Å². The standard InChI is InChI=1S/C14H12FNO2/c1-9-2-5-11(6-3-9)16-14(18)12-7-4-10(15)8-13(12)17/h2-8,17H,1H3,(H,16,18). The molecule has 0 aliphatic carbocycles. The first-order valence-corrected chi connectivity index (χ1v) is 5.43. The molecular weight excluding hydrogens is 233 g/mol. The summed E-state index contributed by atoms with van der Waals surface area (Å²) < 4.78 is 12.8. The van der Waals surface area contributed by atoms with Crippen LogP contribution in [0.4, 0.5) is 10.1 Å². The van der Waals surface area contributed by atoms with E-state index in [4.69, 9.17) is 0 Å². The van der Waals surface area contributed by atoms with E-state index in [1.165, 1.54) is 6.07 Å². The molecule has 2 aromatic rings. The minimum atomic E-state index is -0.584. The molecule has 0 saturated heterocycles. The van der Waals surface area contributed by atoms with Gasteiger partial charge < -0.3 is 10.4 Å². The summed E-state index contributed by atoms with van der Waals surface area (Å²) in [5.41, 5.74) is 1.74. The van der Waals surface area contributed by atoms with Gasteiger partial charge in [0.25, 0.3) is 5.91 Å². The molecule has 1 amide bonds. The fourth-order valence-electron chi connectivity index (χ4n) is 1.53. The number of hydrogen-bond acceptors (Lipinski definition) is 2. The molecule has 0 fully saturated rings. The smallest absolute Gasteiger partial charge is 0.259 e. The summed E-state index contributed by atoms with van der Waals surface area (Å²) in [7, 11) is 0. The van der Waals surface area contributed by atoms with E-state index in [-0.39, 0.29) is 11.3 Å². The number of phenolic OH excluding ortho intramolecular Hbond substituents is 1. The molecule has 0 aromatic heterocycles. The van der Waals surface area contributed by atoms with Crippen molar-refractivity contribution in [1.82, 2.24) is 0 Å². The predicted octanol–water partition coefficient (Wildman–Crippen LogP) is 3.09. The van der Waals surface area contributed by atoms with Crippen molar-refractivity contribution < 1.29 is 14.3 Å². The summed E-state index contributed by atoms with van der Waals surface area (Å²) in [6, 6.07) is 10.5. The van der Waals surface area contributed by atoms with Crippen LogP contribution in [0.1, 0.15) is 15.9 Å². The Labute approximate surface area is 104 Å². The zero-order valence-corrected chi connectivity index (χ0v) is 9.77. The number of carbonyl (C=O) groups is 1. The van der Waals surface area contributed by atoms with Crippen molar-refractivity contribution in [2.45, 2.75) is 6.92 Å². The maximum Gasteiger partial charge on any atom is 0.259 e. The molecule has 3 nitrogen and oxygen atoms in total. The molecule has 0 saturated carbocycles. The summed E-state index contributed by atoms with van der Waals surface area (Å²) in [6.07, 6.45) is 0. The van der Waals surface area contributed by atoms with Gasteiger partial charge in [0.15, 0.2) is 0 Å². The number of anilines is 1. The van der Waals surface area contributed by atoms with Crippen LogP contribution in [0.2, 0.25) is 0 Å². The first-order valence-electron chi connectivity index (χ1n) is 5.43. The maximum atomic E-state index is 12.8. The van der Waals surface area contributed by atoms with Gasteiger partial charge in [0.2, 0.25) is 0 Å². The molecule has 0 radical (unpaired) electrons. The quantitative estimate of drug-likeness (QED) is 0.854. The van der Waals surface area contributed by atoms with Gasteiger partial charge in [0.1, 0.15) is 11.6 Å². The lowest BCUT2D eigenvalue weighted by atomic mass is 10.1. The predicted molar refractivity (Wildman–Crippen MR) is 67.2 cm³/mol. The van der Waals surface area contributed by atoms with Gasteiger partial charge in [-0.25, -0.2) is 4.39 Å². The number of amides is 1. The number of nitrogens with one attached hydrogen (secondary N) is 1. The number of hydrogen-bond donors (Lipinski definition) is 2. The van der Waals surface area contributed by atoms with Crippen molar-refractivity contribution in [2.75, 3.05) is 5.32 Å². The molecule has 2 rings (SSSR count). The Balaban J connectivity index is 2.19. The van der Waals surface area contributed by atoms with E-state index < -0.39 is 11.7 Å². The molecule has 2 N–H and O–H groups in total. The lowest BCUT2D eigenvalue weighted by Gasteiger charge is -2.07. The molecule has 0 aliphatic rings. The third-order valence-corrected chi connectivity index (χ3v) is 2.51. The summed E-state index contributed by atoms with van der Waals surface area (Å²) in [4.78, 5) is 11.8. The van der Waals surface area contributed by atoms with Crippen LogP contribution < -0.4 is 5.32 Å². The fourth-order valence-corrected chi connectivity index (χ4v) is 1.53. The third-order valence-electron chi connectivity index (χ3n) is 2.51. The number of phenols is 1. The van der Waals surface area contributed by atoms with Crippen LogP contribution in [-0.2, 0) is 0 Å². The highest BCUT2D eigenvalue weighted by Crippen LogP contribution is 2.19. The number of rotatable bonds is 2. The number of aromatic hydroxyl groups is 1. The van der Waals surface area contributed by atoms with Crippen molar-refractivity contribution in [3.8, 4) is 5.75 Å². The minimum absolute atomic E-state index is 0.0389. The van der Waals surface area contributed by atoms with Crippen LogP contribution >= 0.6 is 0 Å². The summed E-state index contributed by atoms with van der Waals surface area (Å²) in [5, 5.41) is 12.1. The Hall–Kier alpha value is -2.36. The van der Waals surface area contributed by atoms with Crippen LogP contribution in [0.15, 0.2) is 42.5 Å². The molecule has 4 heteroatoms. The third kappa shape index (κ3) is 2.66. The SMILES string of the molecule is Cc1ccc(NC(=O)c2ccc(F)cc2O)cc1. The van der Waals surface area contributed by atoms with E-state index >= 15 is 0 Å². The molecule has 0 spiro atoms. The van der Waals surface area contributed by atoms with Crippen molar-refractivity contribution >= 4 is 11.6 Å². The minimum Gasteiger partial charge on any atom is -0.507 e. The topological polar surface area (TPSA) is 49.3 Å². The van der Waals surface area contributed by atoms with Crippen molar-refractivity contribution in [1.29, 1.82) is 0 Å². The van der Waals surface area contributed by atoms with Gasteiger partial charge in [-0.1, -0.05) is 17.7 Å². The van der Waals surface area contributed by atoms with Gasteiger partial charge in [0.05, 0.1) is 5.56 Å². The van der Waals surface area contributed by atoms with E-state index in [9.17, 15) is 14.3 Å². The van der Waals surface area contributed by atoms with Gasteiger partial charge in [0, 0.05) is 11.8 Å². The largest absolute Gasteiger partial charge is 0.507 e. The molecule has 2 aromatic carbocycles. The van der Waals surface area contributed by atoms with E-state index in [2.05, 4.69) is 5.32 Å². The Bertz CT molecular complexity index is 579. The highest BCUT2D eigenvalue weighted by molar-refractivity contribution is 6.06. The van der Waals surface area contributed by atoms with Crippen LogP contribution in [0.5, 0.6) is 5.75 Å². The zero-order valence-electron chi connectivity index (χ0n) is 9.77. The Kier molecular flexibility index (Phi) is 3.28. The van der Waals surface area contributed by atoms with Crippen LogP contribution in [0, 0.1) is 12.7 Å². The number of carbonyl (C=O) groups excluding carboxylic acids is 1. The molecule has 0 bridgehead atoms. The monoisotopic (exact) mass is 245 g/mol. The van der Waals surface area contributed by atoms with E-state index in [0.717, 1.165) is 17.7 Å². The Morgan fingerprint density at radius 2 is 1.83 bits per heavy atom. The van der Waals surface area contributed by atoms with Gasteiger partial charge >= 0.3 is 0 Å². The summed E-state index contributed by atoms with van der Waals surface area (Å²) in [6.45, 7) is 1.94. The second-order valence-corrected chi connectivity index (χ2v) is 3.98. The van der Waals surface area contributed by atoms with Gasteiger partial charge in [-0.3, -0.25) is 4.79 Å². The van der Waals surface area contributed by atoms with E-state index in [0.29, 0.717) is 5.69 Å². The highest BCUT2D eigenvalue weighted by atomic mass is 19.1. The highest BCUT2D eigenvalue weighted by Gasteiger charge is 2.11. The number of aryl methyl sites for hydroxylation is 1. The lowest BCUT2D eigenvalue weighted by Crippen LogP contribution is -2.12. The number of benzene rings is 2. The first kappa shape index (κ1) is 12.1. The van der Waals surface area contributed by atoms with Crippen LogP contribution in [-0.4, -0.2) is 11.0 Å². The average molecular weight is 245 g/mol. The molecule has 92 valence electrons. The molecule has 0 atom stereocenters. The molecule has 18 heavy (non-hydrogen) atoms. The first-order chi connectivity index (χ1) is 8.56.